The molecule has 1 aromatic carbocycles. The van der Waals surface area contributed by atoms with Gasteiger partial charge in [-0.1, -0.05) is 0 Å². The second-order valence-electron chi connectivity index (χ2n) is 6.54. The fraction of sp³-hybridized carbons (Fsp3) is 0.200. The summed E-state index contributed by atoms with van der Waals surface area (Å²) in [6.07, 6.45) is 2.70. The topological polar surface area (TPSA) is 90.1 Å². The third kappa shape index (κ3) is 4.24. The first-order chi connectivity index (χ1) is 14.9. The maximum atomic E-state index is 14.7. The van der Waals surface area contributed by atoms with Crippen molar-refractivity contribution in [3.63, 3.8) is 0 Å². The molecule has 7 nitrogen and oxygen atoms in total. The van der Waals surface area contributed by atoms with Crippen LogP contribution < -0.4 is 0 Å². The molecule has 1 atom stereocenters. The Balaban J connectivity index is 1.73. The Morgan fingerprint density at radius 1 is 1.26 bits per heavy atom. The summed E-state index contributed by atoms with van der Waals surface area (Å²) in [6.45, 7) is 1.81. The number of aromatic nitrogens is 4. The number of thiophene rings is 1. The highest BCUT2D eigenvalue weighted by atomic mass is 32.1. The van der Waals surface area contributed by atoms with Gasteiger partial charge in [-0.05, 0) is 25.1 Å². The second kappa shape index (κ2) is 8.61. The number of rotatable bonds is 7. The smallest absolute Gasteiger partial charge is 0.357 e. The third-order valence-electron chi connectivity index (χ3n) is 4.48. The van der Waals surface area contributed by atoms with Crippen molar-refractivity contribution < 1.29 is 23.4 Å². The Bertz CT molecular complexity index is 1210. The molecule has 3 heterocycles. The molecule has 0 aliphatic heterocycles. The first kappa shape index (κ1) is 21.2. The van der Waals surface area contributed by atoms with E-state index in [2.05, 4.69) is 15.1 Å². The van der Waals surface area contributed by atoms with Gasteiger partial charge in [0.05, 0.1) is 13.2 Å². The van der Waals surface area contributed by atoms with Crippen molar-refractivity contribution in [1.82, 2.24) is 19.7 Å². The molecular formula is C20H16F2N4O3S2. The van der Waals surface area contributed by atoms with Gasteiger partial charge in [0, 0.05) is 32.8 Å². The molecule has 0 radical (unpaired) electrons. The zero-order valence-corrected chi connectivity index (χ0v) is 17.8. The molecule has 4 rings (SSSR count). The Hall–Kier alpha value is -3.02. The summed E-state index contributed by atoms with van der Waals surface area (Å²) in [5.74, 6) is -2.14. The minimum absolute atomic E-state index is 0.0934. The predicted octanol–water partition coefficient (Wildman–Crippen LogP) is 3.85. The maximum Gasteiger partial charge on any atom is 0.357 e. The van der Waals surface area contributed by atoms with Crippen LogP contribution >= 0.6 is 22.7 Å². The number of carbonyl (C=O) groups excluding carboxylic acids is 1. The molecule has 0 fully saturated rings. The summed E-state index contributed by atoms with van der Waals surface area (Å²) in [4.78, 5) is 20.4. The molecule has 11 heteroatoms. The summed E-state index contributed by atoms with van der Waals surface area (Å²) in [5, 5.41) is 19.5. The number of thiazole rings is 1. The van der Waals surface area contributed by atoms with Crippen molar-refractivity contribution in [2.24, 2.45) is 0 Å². The van der Waals surface area contributed by atoms with E-state index in [1.165, 1.54) is 46.1 Å². The van der Waals surface area contributed by atoms with Gasteiger partial charge in [0.15, 0.2) is 5.69 Å². The summed E-state index contributed by atoms with van der Waals surface area (Å²) in [6, 6.07) is 4.69. The number of hydrogen-bond donors (Lipinski definition) is 1. The minimum Gasteiger partial charge on any atom is -0.461 e. The molecule has 0 spiro atoms. The van der Waals surface area contributed by atoms with E-state index < -0.39 is 23.2 Å². The molecule has 0 aliphatic rings. The lowest BCUT2D eigenvalue weighted by molar-refractivity contribution is 0.0519. The van der Waals surface area contributed by atoms with Crippen LogP contribution in [0.3, 0.4) is 0 Å². The third-order valence-corrected chi connectivity index (χ3v) is 6.45. The highest BCUT2D eigenvalue weighted by molar-refractivity contribution is 7.14. The van der Waals surface area contributed by atoms with Crippen LogP contribution in [0.4, 0.5) is 8.78 Å². The molecule has 0 saturated carbocycles. The molecule has 0 bridgehead atoms. The van der Waals surface area contributed by atoms with E-state index in [-0.39, 0.29) is 24.4 Å². The summed E-state index contributed by atoms with van der Waals surface area (Å²) >= 11 is 2.44. The minimum atomic E-state index is -1.84. The van der Waals surface area contributed by atoms with E-state index in [1.54, 1.807) is 23.8 Å². The lowest BCUT2D eigenvalue weighted by Gasteiger charge is -2.28. The standard InChI is InChI=1S/C20H16F2N4O3S2/c1-2-29-19(27)16-8-31-18(25-16)12-5-17(30-7-12)20(28,9-26-11-23-10-24-26)14-4-3-13(21)6-15(14)22/h3-8,10-11,28H,2,9H2,1H3. The van der Waals surface area contributed by atoms with Gasteiger partial charge in [-0.3, -0.25) is 0 Å². The van der Waals surface area contributed by atoms with Gasteiger partial charge in [-0.25, -0.2) is 28.2 Å². The van der Waals surface area contributed by atoms with Crippen LogP contribution in [-0.4, -0.2) is 37.4 Å². The van der Waals surface area contributed by atoms with E-state index in [9.17, 15) is 18.7 Å². The fourth-order valence-electron chi connectivity index (χ4n) is 3.04. The molecule has 4 aromatic rings. The normalized spacial score (nSPS) is 13.2. The molecule has 0 saturated heterocycles. The second-order valence-corrected chi connectivity index (χ2v) is 8.30. The number of hydrogen-bond acceptors (Lipinski definition) is 8. The van der Waals surface area contributed by atoms with Crippen molar-refractivity contribution in [1.29, 1.82) is 0 Å². The van der Waals surface area contributed by atoms with Crippen LogP contribution in [0.15, 0.2) is 47.7 Å². The van der Waals surface area contributed by atoms with Gasteiger partial charge in [-0.15, -0.1) is 22.7 Å². The van der Waals surface area contributed by atoms with Gasteiger partial charge >= 0.3 is 5.97 Å². The number of ether oxygens (including phenoxy) is 1. The zero-order valence-electron chi connectivity index (χ0n) is 16.2. The fourth-order valence-corrected chi connectivity index (χ4v) is 4.89. The average Bonchev–Trinajstić information content (AvgIpc) is 3.49. The Kier molecular flexibility index (Phi) is 5.90. The quantitative estimate of drug-likeness (QED) is 0.420. The van der Waals surface area contributed by atoms with Crippen LogP contribution in [0.2, 0.25) is 0 Å². The van der Waals surface area contributed by atoms with Crippen molar-refractivity contribution in [2.75, 3.05) is 6.61 Å². The largest absolute Gasteiger partial charge is 0.461 e. The Labute approximate surface area is 183 Å². The average molecular weight is 463 g/mol. The van der Waals surface area contributed by atoms with E-state index in [0.717, 1.165) is 12.1 Å². The summed E-state index contributed by atoms with van der Waals surface area (Å²) in [7, 11) is 0. The monoisotopic (exact) mass is 462 g/mol. The zero-order chi connectivity index (χ0) is 22.0. The molecule has 1 unspecified atom stereocenters. The Morgan fingerprint density at radius 3 is 2.81 bits per heavy atom. The SMILES string of the molecule is CCOC(=O)c1csc(-c2csc(C(O)(Cn3cncn3)c3ccc(F)cc3F)c2)n1. The van der Waals surface area contributed by atoms with Gasteiger partial charge < -0.3 is 9.84 Å². The molecule has 3 aromatic heterocycles. The highest BCUT2D eigenvalue weighted by Gasteiger charge is 2.37. The van der Waals surface area contributed by atoms with Crippen molar-refractivity contribution in [3.8, 4) is 10.6 Å². The van der Waals surface area contributed by atoms with Crippen molar-refractivity contribution in [2.45, 2.75) is 19.1 Å². The lowest BCUT2D eigenvalue weighted by Crippen LogP contribution is -2.33. The molecule has 0 amide bonds. The maximum absolute atomic E-state index is 14.7. The number of benzene rings is 1. The lowest BCUT2D eigenvalue weighted by atomic mass is 9.91. The highest BCUT2D eigenvalue weighted by Crippen LogP contribution is 2.39. The number of carbonyl (C=O) groups is 1. The first-order valence-corrected chi connectivity index (χ1v) is 10.9. The predicted molar refractivity (Wildman–Crippen MR) is 111 cm³/mol. The van der Waals surface area contributed by atoms with E-state index in [4.69, 9.17) is 4.74 Å². The van der Waals surface area contributed by atoms with E-state index >= 15 is 0 Å². The van der Waals surface area contributed by atoms with Crippen molar-refractivity contribution >= 4 is 28.6 Å². The van der Waals surface area contributed by atoms with E-state index in [1.807, 2.05) is 0 Å². The van der Waals surface area contributed by atoms with Gasteiger partial charge in [0.25, 0.3) is 0 Å². The molecule has 160 valence electrons. The van der Waals surface area contributed by atoms with E-state index in [0.29, 0.717) is 15.4 Å². The van der Waals surface area contributed by atoms with Gasteiger partial charge in [0.2, 0.25) is 0 Å². The number of aliphatic hydroxyl groups is 1. The van der Waals surface area contributed by atoms with Crippen LogP contribution in [-0.2, 0) is 16.9 Å². The van der Waals surface area contributed by atoms with Crippen LogP contribution in [0, 0.1) is 11.6 Å². The van der Waals surface area contributed by atoms with Crippen LogP contribution in [0.1, 0.15) is 27.9 Å². The molecule has 1 N–H and O–H groups in total. The Morgan fingerprint density at radius 2 is 2.10 bits per heavy atom. The summed E-state index contributed by atoms with van der Waals surface area (Å²) in [5.41, 5.74) is -1.09. The number of halogens is 2. The number of esters is 1. The molecular weight excluding hydrogens is 446 g/mol. The number of nitrogens with zero attached hydrogens (tertiary/aromatic N) is 4. The molecule has 31 heavy (non-hydrogen) atoms. The summed E-state index contributed by atoms with van der Waals surface area (Å²) < 4.78 is 34.4. The van der Waals surface area contributed by atoms with Crippen LogP contribution in [0.5, 0.6) is 0 Å². The van der Waals surface area contributed by atoms with Crippen LogP contribution in [0.25, 0.3) is 10.6 Å². The van der Waals surface area contributed by atoms with Gasteiger partial charge in [-0.2, -0.15) is 5.10 Å². The van der Waals surface area contributed by atoms with Gasteiger partial charge in [0.1, 0.15) is 34.9 Å². The first-order valence-electron chi connectivity index (χ1n) is 9.13. The van der Waals surface area contributed by atoms with Crippen molar-refractivity contribution in [3.05, 3.63) is 75.4 Å². The molecule has 0 aliphatic carbocycles.